The van der Waals surface area contributed by atoms with E-state index in [1.54, 1.807) is 17.1 Å². The first-order valence-corrected chi connectivity index (χ1v) is 10.2. The summed E-state index contributed by atoms with van der Waals surface area (Å²) in [6.07, 6.45) is 1.55. The first kappa shape index (κ1) is 21.2. The molecule has 0 aliphatic heterocycles. The molecular weight excluding hydrogens is 463 g/mol. The van der Waals surface area contributed by atoms with Crippen LogP contribution < -0.4 is 10.1 Å². The maximum atomic E-state index is 12.4. The minimum Gasteiger partial charge on any atom is -0.483 e. The molecule has 0 radical (unpaired) electrons. The molecule has 4 rings (SSSR count). The van der Waals surface area contributed by atoms with Crippen molar-refractivity contribution < 1.29 is 13.9 Å². The van der Waals surface area contributed by atoms with Gasteiger partial charge in [0.1, 0.15) is 18.7 Å². The minimum absolute atomic E-state index is 0.0261. The highest BCUT2D eigenvalue weighted by Crippen LogP contribution is 2.36. The number of benzene rings is 2. The van der Waals surface area contributed by atoms with E-state index in [9.17, 15) is 4.79 Å². The van der Waals surface area contributed by atoms with Gasteiger partial charge in [0.05, 0.1) is 16.6 Å². The van der Waals surface area contributed by atoms with Gasteiger partial charge in [-0.25, -0.2) is 9.67 Å². The number of ether oxygens (including phenoxy) is 1. The van der Waals surface area contributed by atoms with Gasteiger partial charge in [0.25, 0.3) is 5.91 Å². The second kappa shape index (κ2) is 9.43. The molecule has 7 nitrogen and oxygen atoms in total. The van der Waals surface area contributed by atoms with Crippen LogP contribution in [0.4, 0.5) is 5.95 Å². The van der Waals surface area contributed by atoms with E-state index in [0.717, 1.165) is 5.56 Å². The van der Waals surface area contributed by atoms with Gasteiger partial charge in [-0.05, 0) is 29.8 Å². The predicted molar refractivity (Wildman–Crippen MR) is 118 cm³/mol. The molecule has 1 N–H and O–H groups in total. The topological polar surface area (TPSA) is 82.2 Å². The number of furan rings is 1. The van der Waals surface area contributed by atoms with Gasteiger partial charge in [-0.15, -0.1) is 5.10 Å². The van der Waals surface area contributed by atoms with Crippen molar-refractivity contribution >= 4 is 46.7 Å². The number of hydrogen-bond acceptors (Lipinski definition) is 5. The molecule has 2 aromatic carbocycles. The molecule has 0 aliphatic carbocycles. The van der Waals surface area contributed by atoms with E-state index in [1.165, 1.54) is 18.2 Å². The van der Waals surface area contributed by atoms with Gasteiger partial charge >= 0.3 is 0 Å². The molecule has 0 saturated heterocycles. The largest absolute Gasteiger partial charge is 0.483 e. The molecule has 4 aromatic rings. The molecule has 31 heavy (non-hydrogen) atoms. The summed E-state index contributed by atoms with van der Waals surface area (Å²) in [5.74, 6) is 0.477. The minimum atomic E-state index is -0.480. The molecule has 0 aliphatic rings. The lowest BCUT2D eigenvalue weighted by Crippen LogP contribution is -2.12. The molecule has 0 bridgehead atoms. The number of aromatic nitrogens is 3. The summed E-state index contributed by atoms with van der Waals surface area (Å²) in [4.78, 5) is 16.5. The highest BCUT2D eigenvalue weighted by molar-refractivity contribution is 6.40. The van der Waals surface area contributed by atoms with Crippen LogP contribution in [0.2, 0.25) is 15.1 Å². The number of amides is 1. The fraction of sp³-hybridized carbons (Fsp3) is 0.0952. The number of carbonyl (C=O) groups excluding carboxylic acids is 1. The summed E-state index contributed by atoms with van der Waals surface area (Å²) >= 11 is 18.1. The van der Waals surface area contributed by atoms with Crippen LogP contribution in [-0.2, 0) is 13.2 Å². The molecule has 10 heteroatoms. The third kappa shape index (κ3) is 5.38. The Kier molecular flexibility index (Phi) is 6.46. The molecule has 0 atom stereocenters. The summed E-state index contributed by atoms with van der Waals surface area (Å²) < 4.78 is 12.8. The van der Waals surface area contributed by atoms with Gasteiger partial charge in [0, 0.05) is 5.02 Å². The standard InChI is InChI=1S/C21H15Cl3N4O3/c22-14-8-16(23)19(17(24)9-14)30-11-15-6-7-18(31-15)20(29)26-21-25-12-28(27-21)10-13-4-2-1-3-5-13/h1-9,12H,10-11H2,(H,26,27,29). The quantitative estimate of drug-likeness (QED) is 0.368. The summed E-state index contributed by atoms with van der Waals surface area (Å²) in [5.41, 5.74) is 1.07. The van der Waals surface area contributed by atoms with E-state index in [4.69, 9.17) is 44.0 Å². The Hall–Kier alpha value is -3.00. The fourth-order valence-electron chi connectivity index (χ4n) is 2.75. The summed E-state index contributed by atoms with van der Waals surface area (Å²) in [7, 11) is 0. The lowest BCUT2D eigenvalue weighted by Gasteiger charge is -2.09. The molecule has 2 aromatic heterocycles. The second-order valence-electron chi connectivity index (χ2n) is 6.46. The summed E-state index contributed by atoms with van der Waals surface area (Å²) in [5, 5.41) is 7.81. The number of halogens is 3. The SMILES string of the molecule is O=C(Nc1ncn(Cc2ccccc2)n1)c1ccc(COc2c(Cl)cc(Cl)cc2Cl)o1. The van der Waals surface area contributed by atoms with Crippen molar-refractivity contribution in [1.82, 2.24) is 14.8 Å². The number of nitrogens with one attached hydrogen (secondary N) is 1. The molecule has 0 spiro atoms. The number of hydrogen-bond donors (Lipinski definition) is 1. The maximum Gasteiger partial charge on any atom is 0.293 e. The van der Waals surface area contributed by atoms with Crippen LogP contribution in [0.15, 0.2) is 65.3 Å². The molecule has 0 fully saturated rings. The smallest absolute Gasteiger partial charge is 0.293 e. The van der Waals surface area contributed by atoms with Crippen LogP contribution in [0.5, 0.6) is 5.75 Å². The highest BCUT2D eigenvalue weighted by Gasteiger charge is 2.15. The van der Waals surface area contributed by atoms with E-state index in [-0.39, 0.29) is 34.1 Å². The Balaban J connectivity index is 1.35. The van der Waals surface area contributed by atoms with Crippen molar-refractivity contribution in [2.24, 2.45) is 0 Å². The average Bonchev–Trinajstić information content (AvgIpc) is 3.38. The fourth-order valence-corrected chi connectivity index (χ4v) is 3.68. The molecule has 2 heterocycles. The first-order chi connectivity index (χ1) is 15.0. The van der Waals surface area contributed by atoms with Crippen molar-refractivity contribution in [3.8, 4) is 5.75 Å². The van der Waals surface area contributed by atoms with Crippen LogP contribution in [0, 0.1) is 0 Å². The van der Waals surface area contributed by atoms with Gasteiger partial charge in [0.15, 0.2) is 11.5 Å². The van der Waals surface area contributed by atoms with Crippen molar-refractivity contribution in [3.05, 3.63) is 93.1 Å². The van der Waals surface area contributed by atoms with Crippen molar-refractivity contribution in [3.63, 3.8) is 0 Å². The Bertz CT molecular complexity index is 1180. The Morgan fingerprint density at radius 1 is 1.06 bits per heavy atom. The van der Waals surface area contributed by atoms with Crippen LogP contribution in [0.25, 0.3) is 0 Å². The number of carbonyl (C=O) groups is 1. The number of anilines is 1. The van der Waals surface area contributed by atoms with E-state index < -0.39 is 5.91 Å². The Labute approximate surface area is 192 Å². The van der Waals surface area contributed by atoms with Crippen LogP contribution in [0.1, 0.15) is 21.9 Å². The van der Waals surface area contributed by atoms with Crippen molar-refractivity contribution in [2.45, 2.75) is 13.2 Å². The molecule has 0 unspecified atom stereocenters. The highest BCUT2D eigenvalue weighted by atomic mass is 35.5. The predicted octanol–water partition coefficient (Wildman–Crippen LogP) is 5.71. The third-order valence-corrected chi connectivity index (χ3v) is 4.94. The van der Waals surface area contributed by atoms with Crippen molar-refractivity contribution in [1.29, 1.82) is 0 Å². The maximum absolute atomic E-state index is 12.4. The molecule has 1 amide bonds. The van der Waals surface area contributed by atoms with E-state index in [0.29, 0.717) is 17.3 Å². The summed E-state index contributed by atoms with van der Waals surface area (Å²) in [6.45, 7) is 0.570. The lowest BCUT2D eigenvalue weighted by atomic mass is 10.2. The van der Waals surface area contributed by atoms with Gasteiger partial charge < -0.3 is 9.15 Å². The number of rotatable bonds is 7. The zero-order chi connectivity index (χ0) is 21.8. The zero-order valence-electron chi connectivity index (χ0n) is 15.9. The second-order valence-corrected chi connectivity index (χ2v) is 7.71. The van der Waals surface area contributed by atoms with Crippen molar-refractivity contribution in [2.75, 3.05) is 5.32 Å². The summed E-state index contributed by atoms with van der Waals surface area (Å²) in [6, 6.07) is 16.0. The molecular formula is C21H15Cl3N4O3. The van der Waals surface area contributed by atoms with E-state index >= 15 is 0 Å². The lowest BCUT2D eigenvalue weighted by molar-refractivity contribution is 0.0991. The third-order valence-electron chi connectivity index (χ3n) is 4.16. The Morgan fingerprint density at radius 2 is 1.81 bits per heavy atom. The Morgan fingerprint density at radius 3 is 2.55 bits per heavy atom. The normalized spacial score (nSPS) is 10.8. The van der Waals surface area contributed by atoms with E-state index in [1.807, 2.05) is 30.3 Å². The molecule has 158 valence electrons. The zero-order valence-corrected chi connectivity index (χ0v) is 18.2. The monoisotopic (exact) mass is 476 g/mol. The van der Waals surface area contributed by atoms with Gasteiger partial charge in [-0.3, -0.25) is 10.1 Å². The first-order valence-electron chi connectivity index (χ1n) is 9.09. The van der Waals surface area contributed by atoms with Gasteiger partial charge in [-0.2, -0.15) is 0 Å². The van der Waals surface area contributed by atoms with Gasteiger partial charge in [0.2, 0.25) is 5.95 Å². The molecule has 0 saturated carbocycles. The van der Waals surface area contributed by atoms with E-state index in [2.05, 4.69) is 15.4 Å². The van der Waals surface area contributed by atoms with Crippen LogP contribution >= 0.6 is 34.8 Å². The van der Waals surface area contributed by atoms with Crippen LogP contribution in [-0.4, -0.2) is 20.7 Å². The number of nitrogens with zero attached hydrogens (tertiary/aromatic N) is 3. The average molecular weight is 478 g/mol. The van der Waals surface area contributed by atoms with Crippen LogP contribution in [0.3, 0.4) is 0 Å². The van der Waals surface area contributed by atoms with Gasteiger partial charge in [-0.1, -0.05) is 65.1 Å².